The number of fused-ring (bicyclic) bond motifs is 1. The highest BCUT2D eigenvalue weighted by atomic mass is 35.5. The minimum absolute atomic E-state index is 0.594. The predicted molar refractivity (Wildman–Crippen MR) is 134 cm³/mol. The van der Waals surface area contributed by atoms with E-state index < -0.39 is 0 Å². The Morgan fingerprint density at radius 1 is 1.06 bits per heavy atom. The first-order valence-electron chi connectivity index (χ1n) is 11.6. The molecule has 0 atom stereocenters. The maximum absolute atomic E-state index is 6.61. The monoisotopic (exact) mass is 472 g/mol. The first-order chi connectivity index (χ1) is 15.2. The van der Waals surface area contributed by atoms with Crippen molar-refractivity contribution in [3.05, 3.63) is 51.8 Å². The van der Waals surface area contributed by atoms with Crippen LogP contribution in [-0.4, -0.2) is 16.5 Å². The summed E-state index contributed by atoms with van der Waals surface area (Å²) in [4.78, 5) is 7.54. The number of quaternary nitrogens is 1. The van der Waals surface area contributed by atoms with E-state index in [1.165, 1.54) is 82.5 Å². The number of nitrogens with two attached hydrogens (primary N) is 1. The molecule has 5 rings (SSSR count). The van der Waals surface area contributed by atoms with Crippen LogP contribution in [0, 0.1) is 6.92 Å². The summed E-state index contributed by atoms with van der Waals surface area (Å²) in [5.74, 6) is 0.727. The van der Waals surface area contributed by atoms with Crippen molar-refractivity contribution >= 4 is 50.6 Å². The van der Waals surface area contributed by atoms with Gasteiger partial charge in [0.25, 0.3) is 0 Å². The quantitative estimate of drug-likeness (QED) is 0.319. The Bertz CT molecular complexity index is 1120. The molecule has 2 aliphatic rings. The smallest absolute Gasteiger partial charge is 0.186 e. The van der Waals surface area contributed by atoms with Crippen LogP contribution in [0.2, 0.25) is 5.02 Å². The summed E-state index contributed by atoms with van der Waals surface area (Å²) in [5, 5.41) is 3.29. The van der Waals surface area contributed by atoms with Crippen molar-refractivity contribution in [1.29, 1.82) is 0 Å². The standard InChI is InChI=1S/C25H30ClN3S2/c1-17-8-6-15-22-24(17)29(19-11-4-5-12-19)25(31-22)27-16-30-21-14-7-13-20(26)23(21)28-18-9-2-3-10-18/h6-8,13-15,18-19,28H,2-5,9-12,16H2,1H3/p+1/b27-25-. The normalized spacial score (nSPS) is 18.6. The van der Waals surface area contributed by atoms with E-state index in [4.69, 9.17) is 16.6 Å². The topological polar surface area (TPSA) is 33.9 Å². The third-order valence-electron chi connectivity index (χ3n) is 6.77. The van der Waals surface area contributed by atoms with Crippen LogP contribution in [0.1, 0.15) is 63.0 Å². The van der Waals surface area contributed by atoms with Gasteiger partial charge in [0.15, 0.2) is 10.5 Å². The highest BCUT2D eigenvalue weighted by Crippen LogP contribution is 2.34. The lowest BCUT2D eigenvalue weighted by Gasteiger charge is -2.15. The number of thioether (sulfide) groups is 1. The number of aryl methyl sites for hydroxylation is 1. The fraction of sp³-hybridized carbons (Fsp3) is 0.480. The van der Waals surface area contributed by atoms with E-state index in [1.54, 1.807) is 0 Å². The van der Waals surface area contributed by atoms with Crippen molar-refractivity contribution in [2.45, 2.75) is 75.3 Å². The number of nitrogens with zero attached hydrogens (tertiary/aromatic N) is 2. The minimum Gasteiger partial charge on any atom is -0.313 e. The van der Waals surface area contributed by atoms with E-state index in [1.807, 2.05) is 29.2 Å². The lowest BCUT2D eigenvalue weighted by atomic mass is 10.2. The van der Waals surface area contributed by atoms with Gasteiger partial charge in [0.2, 0.25) is 0 Å². The molecule has 0 radical (unpaired) electrons. The van der Waals surface area contributed by atoms with Gasteiger partial charge in [0, 0.05) is 6.04 Å². The summed E-state index contributed by atoms with van der Waals surface area (Å²) in [6.45, 7) is 2.23. The van der Waals surface area contributed by atoms with E-state index in [-0.39, 0.29) is 0 Å². The fourth-order valence-electron chi connectivity index (χ4n) is 5.20. The van der Waals surface area contributed by atoms with Gasteiger partial charge < -0.3 is 9.88 Å². The zero-order valence-electron chi connectivity index (χ0n) is 18.1. The van der Waals surface area contributed by atoms with Gasteiger partial charge in [-0.1, -0.05) is 65.7 Å². The highest BCUT2D eigenvalue weighted by Gasteiger charge is 2.23. The van der Waals surface area contributed by atoms with Gasteiger partial charge in [-0.3, -0.25) is 0 Å². The largest absolute Gasteiger partial charge is 0.313 e. The van der Waals surface area contributed by atoms with Gasteiger partial charge in [-0.2, -0.15) is 0 Å². The Kier molecular flexibility index (Phi) is 6.75. The van der Waals surface area contributed by atoms with Crippen molar-refractivity contribution in [3.63, 3.8) is 0 Å². The number of hydrogen-bond acceptors (Lipinski definition) is 3. The van der Waals surface area contributed by atoms with Crippen molar-refractivity contribution in [3.8, 4) is 0 Å². The van der Waals surface area contributed by atoms with Crippen molar-refractivity contribution in [1.82, 2.24) is 4.57 Å². The molecule has 31 heavy (non-hydrogen) atoms. The molecule has 0 unspecified atom stereocenters. The van der Waals surface area contributed by atoms with Gasteiger partial charge in [-0.05, 0) is 69.2 Å². The summed E-state index contributed by atoms with van der Waals surface area (Å²) in [5.41, 5.74) is 3.96. The maximum atomic E-state index is 6.61. The van der Waals surface area contributed by atoms with Crippen LogP contribution in [0.5, 0.6) is 0 Å². The Morgan fingerprint density at radius 3 is 2.61 bits per heavy atom. The van der Waals surface area contributed by atoms with Crippen LogP contribution in [0.15, 0.2) is 46.3 Å². The number of thiazole rings is 1. The molecule has 164 valence electrons. The van der Waals surface area contributed by atoms with Gasteiger partial charge in [-0.25, -0.2) is 4.99 Å². The molecule has 3 nitrogen and oxygen atoms in total. The van der Waals surface area contributed by atoms with E-state index in [9.17, 15) is 0 Å². The number of para-hydroxylation sites is 2. The molecule has 6 heteroatoms. The molecule has 2 saturated carbocycles. The van der Waals surface area contributed by atoms with Crippen molar-refractivity contribution < 1.29 is 5.32 Å². The molecule has 0 bridgehead atoms. The molecule has 2 aromatic carbocycles. The highest BCUT2D eigenvalue weighted by molar-refractivity contribution is 7.99. The number of halogens is 1. The number of benzene rings is 2. The van der Waals surface area contributed by atoms with E-state index >= 15 is 0 Å². The number of hydrogen-bond donors (Lipinski definition) is 1. The molecule has 0 spiro atoms. The van der Waals surface area contributed by atoms with Crippen LogP contribution in [0.25, 0.3) is 10.2 Å². The Balaban J connectivity index is 1.43. The molecule has 0 saturated heterocycles. The molecular formula is C25H31ClN3S2+. The van der Waals surface area contributed by atoms with Crippen LogP contribution in [-0.2, 0) is 0 Å². The average molecular weight is 473 g/mol. The Labute approximate surface area is 197 Å². The van der Waals surface area contributed by atoms with E-state index in [0.29, 0.717) is 12.1 Å². The van der Waals surface area contributed by atoms with Crippen LogP contribution < -0.4 is 10.1 Å². The Morgan fingerprint density at radius 2 is 1.81 bits per heavy atom. The van der Waals surface area contributed by atoms with Gasteiger partial charge in [0.1, 0.15) is 5.02 Å². The van der Waals surface area contributed by atoms with Crippen molar-refractivity contribution in [2.24, 2.45) is 4.99 Å². The number of aromatic nitrogens is 1. The maximum Gasteiger partial charge on any atom is 0.186 e. The molecular weight excluding hydrogens is 442 g/mol. The molecule has 2 N–H and O–H groups in total. The third-order valence-corrected chi connectivity index (χ3v) is 9.09. The van der Waals surface area contributed by atoms with E-state index in [2.05, 4.69) is 47.1 Å². The summed E-state index contributed by atoms with van der Waals surface area (Å²) < 4.78 is 3.90. The van der Waals surface area contributed by atoms with Crippen molar-refractivity contribution in [2.75, 3.05) is 5.88 Å². The molecule has 3 aromatic rings. The summed E-state index contributed by atoms with van der Waals surface area (Å²) in [6, 6.07) is 14.2. The first kappa shape index (κ1) is 21.6. The first-order valence-corrected chi connectivity index (χ1v) is 13.8. The summed E-state index contributed by atoms with van der Waals surface area (Å²) in [6.07, 6.45) is 10.5. The SMILES string of the molecule is Cc1cccc2s/c(=N\CSc3cccc(Cl)c3[NH2+]C3CCCC3)n(C3CCCC3)c12. The summed E-state index contributed by atoms with van der Waals surface area (Å²) >= 11 is 10.3. The number of rotatable bonds is 6. The average Bonchev–Trinajstić information content (AvgIpc) is 3.51. The zero-order valence-corrected chi connectivity index (χ0v) is 20.5. The minimum atomic E-state index is 0.594. The molecule has 0 aliphatic heterocycles. The van der Waals surface area contributed by atoms with E-state index in [0.717, 1.165) is 10.9 Å². The van der Waals surface area contributed by atoms with Gasteiger partial charge in [0.05, 0.1) is 27.0 Å². The molecule has 1 heterocycles. The second-order valence-electron chi connectivity index (χ2n) is 8.91. The second kappa shape index (κ2) is 9.70. The molecule has 1 aromatic heterocycles. The fourth-order valence-corrected chi connectivity index (χ4v) is 7.57. The lowest BCUT2D eigenvalue weighted by Crippen LogP contribution is -2.84. The molecule has 2 fully saturated rings. The summed E-state index contributed by atoms with van der Waals surface area (Å²) in [7, 11) is 0. The third kappa shape index (κ3) is 4.61. The van der Waals surface area contributed by atoms with Gasteiger partial charge >= 0.3 is 0 Å². The molecule has 0 amide bonds. The van der Waals surface area contributed by atoms with Gasteiger partial charge in [-0.15, -0.1) is 0 Å². The predicted octanol–water partition coefficient (Wildman–Crippen LogP) is 6.57. The molecule has 2 aliphatic carbocycles. The van der Waals surface area contributed by atoms with Crippen LogP contribution >= 0.6 is 34.7 Å². The van der Waals surface area contributed by atoms with Crippen LogP contribution in [0.4, 0.5) is 5.69 Å². The second-order valence-corrected chi connectivity index (χ2v) is 11.3. The van der Waals surface area contributed by atoms with Crippen LogP contribution in [0.3, 0.4) is 0 Å². The Hall–Kier alpha value is -1.27. The lowest BCUT2D eigenvalue weighted by molar-refractivity contribution is -0.611. The zero-order chi connectivity index (χ0) is 21.2.